The SMILES string of the molecule is CCn1ccnc1Cn1ccc(-c2cccc(-c3ccoc3)c2)n1. The maximum absolute atomic E-state index is 5.17. The molecule has 0 radical (unpaired) electrons. The van der Waals surface area contributed by atoms with Crippen molar-refractivity contribution in [1.82, 2.24) is 19.3 Å². The number of imidazole rings is 1. The minimum absolute atomic E-state index is 0.669. The van der Waals surface area contributed by atoms with E-state index in [2.05, 4.69) is 34.7 Å². The first-order valence-electron chi connectivity index (χ1n) is 8.00. The Kier molecular flexibility index (Phi) is 3.75. The van der Waals surface area contributed by atoms with E-state index in [1.807, 2.05) is 41.5 Å². The molecule has 24 heavy (non-hydrogen) atoms. The minimum Gasteiger partial charge on any atom is -0.472 e. The van der Waals surface area contributed by atoms with Crippen molar-refractivity contribution < 1.29 is 4.42 Å². The monoisotopic (exact) mass is 318 g/mol. The van der Waals surface area contributed by atoms with Gasteiger partial charge in [0.1, 0.15) is 5.82 Å². The zero-order valence-corrected chi connectivity index (χ0v) is 13.5. The van der Waals surface area contributed by atoms with Crippen molar-refractivity contribution in [2.75, 3.05) is 0 Å². The number of rotatable bonds is 5. The van der Waals surface area contributed by atoms with Crippen LogP contribution in [-0.2, 0) is 13.1 Å². The highest BCUT2D eigenvalue weighted by atomic mass is 16.3. The van der Waals surface area contributed by atoms with Gasteiger partial charge in [-0.2, -0.15) is 5.10 Å². The number of furan rings is 1. The third-order valence-electron chi connectivity index (χ3n) is 4.10. The normalized spacial score (nSPS) is 11.0. The standard InChI is InChI=1S/C19H18N4O/c1-2-22-10-8-20-19(22)13-23-9-6-18(21-23)16-5-3-4-15(12-16)17-7-11-24-14-17/h3-12,14H,2,13H2,1H3. The van der Waals surface area contributed by atoms with Crippen LogP contribution in [0.2, 0.25) is 0 Å². The van der Waals surface area contributed by atoms with Gasteiger partial charge in [0, 0.05) is 36.3 Å². The summed E-state index contributed by atoms with van der Waals surface area (Å²) in [6, 6.07) is 12.3. The van der Waals surface area contributed by atoms with Crippen LogP contribution in [0.15, 0.2) is 71.9 Å². The van der Waals surface area contributed by atoms with Crippen molar-refractivity contribution >= 4 is 0 Å². The third kappa shape index (κ3) is 2.76. The molecular formula is C19H18N4O. The van der Waals surface area contributed by atoms with Gasteiger partial charge in [-0.05, 0) is 30.7 Å². The molecule has 0 atom stereocenters. The molecule has 5 nitrogen and oxygen atoms in total. The summed E-state index contributed by atoms with van der Waals surface area (Å²) in [5, 5.41) is 4.69. The molecule has 0 aliphatic rings. The van der Waals surface area contributed by atoms with Crippen LogP contribution in [0.1, 0.15) is 12.7 Å². The summed E-state index contributed by atoms with van der Waals surface area (Å²) < 4.78 is 9.22. The summed E-state index contributed by atoms with van der Waals surface area (Å²) in [7, 11) is 0. The fourth-order valence-electron chi connectivity index (χ4n) is 2.82. The van der Waals surface area contributed by atoms with E-state index in [9.17, 15) is 0 Å². The summed E-state index contributed by atoms with van der Waals surface area (Å²) in [5.74, 6) is 1.01. The molecule has 5 heteroatoms. The lowest BCUT2D eigenvalue weighted by molar-refractivity contribution is 0.568. The fourth-order valence-corrected chi connectivity index (χ4v) is 2.82. The van der Waals surface area contributed by atoms with Gasteiger partial charge in [-0.1, -0.05) is 18.2 Å². The first-order valence-corrected chi connectivity index (χ1v) is 8.00. The summed E-state index contributed by atoms with van der Waals surface area (Å²) in [6.07, 6.45) is 9.26. The molecule has 0 unspecified atom stereocenters. The van der Waals surface area contributed by atoms with Crippen molar-refractivity contribution in [1.29, 1.82) is 0 Å². The van der Waals surface area contributed by atoms with Gasteiger partial charge in [-0.3, -0.25) is 4.68 Å². The molecule has 0 N–H and O–H groups in total. The quantitative estimate of drug-likeness (QED) is 0.557. The predicted molar refractivity (Wildman–Crippen MR) is 92.4 cm³/mol. The van der Waals surface area contributed by atoms with E-state index >= 15 is 0 Å². The average Bonchev–Trinajstić information content (AvgIpc) is 3.37. The molecule has 0 saturated heterocycles. The first kappa shape index (κ1) is 14.5. The van der Waals surface area contributed by atoms with Gasteiger partial charge >= 0.3 is 0 Å². The Morgan fingerprint density at radius 3 is 2.79 bits per heavy atom. The van der Waals surface area contributed by atoms with Crippen LogP contribution >= 0.6 is 0 Å². The summed E-state index contributed by atoms with van der Waals surface area (Å²) in [6.45, 7) is 3.69. The second-order valence-corrected chi connectivity index (χ2v) is 5.62. The highest BCUT2D eigenvalue weighted by molar-refractivity contribution is 5.70. The Morgan fingerprint density at radius 1 is 1.04 bits per heavy atom. The van der Waals surface area contributed by atoms with E-state index in [1.165, 1.54) is 0 Å². The van der Waals surface area contributed by atoms with Crippen LogP contribution in [0.3, 0.4) is 0 Å². The second kappa shape index (κ2) is 6.20. The number of nitrogens with zero attached hydrogens (tertiary/aromatic N) is 4. The van der Waals surface area contributed by atoms with E-state index in [-0.39, 0.29) is 0 Å². The Hall–Kier alpha value is -3.08. The molecule has 0 aliphatic carbocycles. The van der Waals surface area contributed by atoms with Gasteiger partial charge in [-0.15, -0.1) is 0 Å². The van der Waals surface area contributed by atoms with E-state index in [0.717, 1.165) is 34.8 Å². The topological polar surface area (TPSA) is 48.8 Å². The number of aryl methyl sites for hydroxylation is 1. The van der Waals surface area contributed by atoms with Crippen LogP contribution in [-0.4, -0.2) is 19.3 Å². The molecule has 0 saturated carbocycles. The Morgan fingerprint density at radius 2 is 1.96 bits per heavy atom. The zero-order chi connectivity index (χ0) is 16.4. The molecule has 0 aliphatic heterocycles. The second-order valence-electron chi connectivity index (χ2n) is 5.62. The summed E-state index contributed by atoms with van der Waals surface area (Å²) in [4.78, 5) is 4.40. The number of aromatic nitrogens is 4. The lowest BCUT2D eigenvalue weighted by Gasteiger charge is -2.05. The van der Waals surface area contributed by atoms with Crippen LogP contribution in [0.5, 0.6) is 0 Å². The van der Waals surface area contributed by atoms with Crippen LogP contribution in [0.4, 0.5) is 0 Å². The predicted octanol–water partition coefficient (Wildman–Crippen LogP) is 4.07. The number of benzene rings is 1. The Bertz CT molecular complexity index is 934. The van der Waals surface area contributed by atoms with Gasteiger partial charge in [0.05, 0.1) is 24.8 Å². The summed E-state index contributed by atoms with van der Waals surface area (Å²) >= 11 is 0. The third-order valence-corrected chi connectivity index (χ3v) is 4.10. The van der Waals surface area contributed by atoms with Gasteiger partial charge in [0.25, 0.3) is 0 Å². The summed E-state index contributed by atoms with van der Waals surface area (Å²) in [5.41, 5.74) is 4.24. The van der Waals surface area contributed by atoms with Crippen LogP contribution in [0, 0.1) is 0 Å². The van der Waals surface area contributed by atoms with E-state index in [0.29, 0.717) is 6.54 Å². The van der Waals surface area contributed by atoms with Gasteiger partial charge < -0.3 is 8.98 Å². The number of hydrogen-bond acceptors (Lipinski definition) is 3. The molecule has 0 amide bonds. The Balaban J connectivity index is 1.60. The molecule has 1 aromatic carbocycles. The highest BCUT2D eigenvalue weighted by Crippen LogP contribution is 2.25. The van der Waals surface area contributed by atoms with Crippen molar-refractivity contribution in [3.63, 3.8) is 0 Å². The molecule has 3 aromatic heterocycles. The minimum atomic E-state index is 0.669. The zero-order valence-electron chi connectivity index (χ0n) is 13.5. The molecule has 4 aromatic rings. The van der Waals surface area contributed by atoms with Crippen molar-refractivity contribution in [2.24, 2.45) is 0 Å². The molecular weight excluding hydrogens is 300 g/mol. The van der Waals surface area contributed by atoms with E-state index in [4.69, 9.17) is 9.52 Å². The van der Waals surface area contributed by atoms with Crippen molar-refractivity contribution in [3.8, 4) is 22.4 Å². The van der Waals surface area contributed by atoms with E-state index < -0.39 is 0 Å². The largest absolute Gasteiger partial charge is 0.472 e. The molecule has 0 spiro atoms. The van der Waals surface area contributed by atoms with Gasteiger partial charge in [0.15, 0.2) is 0 Å². The lowest BCUT2D eigenvalue weighted by atomic mass is 10.0. The molecule has 0 bridgehead atoms. The van der Waals surface area contributed by atoms with Crippen LogP contribution in [0.25, 0.3) is 22.4 Å². The molecule has 120 valence electrons. The molecule has 4 rings (SSSR count). The maximum atomic E-state index is 5.17. The molecule has 0 fully saturated rings. The first-order chi connectivity index (χ1) is 11.8. The lowest BCUT2D eigenvalue weighted by Crippen LogP contribution is -2.08. The van der Waals surface area contributed by atoms with Gasteiger partial charge in [-0.25, -0.2) is 4.98 Å². The Labute approximate surface area is 140 Å². The van der Waals surface area contributed by atoms with Crippen molar-refractivity contribution in [3.05, 3.63) is 73.3 Å². The highest BCUT2D eigenvalue weighted by Gasteiger charge is 2.07. The van der Waals surface area contributed by atoms with Crippen LogP contribution < -0.4 is 0 Å². The maximum Gasteiger partial charge on any atom is 0.130 e. The fraction of sp³-hybridized carbons (Fsp3) is 0.158. The van der Waals surface area contributed by atoms with Gasteiger partial charge in [0.2, 0.25) is 0 Å². The number of hydrogen-bond donors (Lipinski definition) is 0. The molecule has 3 heterocycles. The van der Waals surface area contributed by atoms with Crippen molar-refractivity contribution in [2.45, 2.75) is 20.0 Å². The van der Waals surface area contributed by atoms with E-state index in [1.54, 1.807) is 12.5 Å². The smallest absolute Gasteiger partial charge is 0.130 e. The average molecular weight is 318 g/mol.